The first kappa shape index (κ1) is 25.9. The fourth-order valence-electron chi connectivity index (χ4n) is 9.22. The fourth-order valence-corrected chi connectivity index (χ4v) is 10.5. The minimum atomic E-state index is -0.656. The van der Waals surface area contributed by atoms with Crippen molar-refractivity contribution in [3.63, 3.8) is 0 Å². The lowest BCUT2D eigenvalue weighted by atomic mass is 9.65. The zero-order valence-corrected chi connectivity index (χ0v) is 28.3. The van der Waals surface area contributed by atoms with Crippen LogP contribution in [0.1, 0.15) is 22.3 Å². The number of benzene rings is 7. The Morgan fingerprint density at radius 2 is 1.00 bits per heavy atom. The van der Waals surface area contributed by atoms with E-state index >= 15 is 0 Å². The van der Waals surface area contributed by atoms with E-state index in [2.05, 4.69) is 152 Å². The van der Waals surface area contributed by atoms with Crippen LogP contribution in [0.25, 0.3) is 82.5 Å². The summed E-state index contributed by atoms with van der Waals surface area (Å²) in [7, 11) is 0. The quantitative estimate of drug-likeness (QED) is 0.155. The van der Waals surface area contributed by atoms with Crippen molar-refractivity contribution in [2.75, 3.05) is 0 Å². The maximum atomic E-state index is 6.91. The van der Waals surface area contributed by atoms with Crippen LogP contribution in [-0.2, 0) is 5.41 Å². The predicted octanol–water partition coefficient (Wildman–Crippen LogP) is 12.8. The molecule has 1 spiro atoms. The normalized spacial score (nSPS) is 14.2. The molecule has 0 amide bonds. The number of fused-ring (bicyclic) bond motifs is 20. The Labute approximate surface area is 290 Å². The van der Waals surface area contributed by atoms with Gasteiger partial charge in [-0.15, -0.1) is 0 Å². The highest BCUT2D eigenvalue weighted by Gasteiger charge is 2.53. The van der Waals surface area contributed by atoms with Gasteiger partial charge in [0.05, 0.1) is 22.1 Å². The molecule has 224 valence electrons. The summed E-state index contributed by atoms with van der Waals surface area (Å²) in [5, 5.41) is 6.84. The number of rotatable bonds is 0. The number of aromatic nitrogens is 1. The monoisotopic (exact) mass is 741 g/mol. The molecule has 0 unspecified atom stereocenters. The Morgan fingerprint density at radius 1 is 0.479 bits per heavy atom. The average Bonchev–Trinajstić information content (AvgIpc) is 3.86. The molecule has 12 rings (SSSR count). The Morgan fingerprint density at radius 3 is 1.67 bits per heavy atom. The Hall–Kier alpha value is -5.10. The molecule has 3 aromatic heterocycles. The Kier molecular flexibility index (Phi) is 4.68. The molecule has 0 N–H and O–H groups in total. The SMILES string of the molecule is Brc1cc2c(c3oc4ccccc4c13)-c1c(cc(Br)c3c1oc1ccccc13)C21c2ccccc2-n2c3ccccc3c3cccc1c32. The van der Waals surface area contributed by atoms with Crippen LogP contribution in [0.15, 0.2) is 145 Å². The van der Waals surface area contributed by atoms with Crippen LogP contribution in [0.2, 0.25) is 0 Å². The predicted molar refractivity (Wildman–Crippen MR) is 202 cm³/mol. The second-order valence-corrected chi connectivity index (χ2v) is 14.7. The lowest BCUT2D eigenvalue weighted by Gasteiger charge is -2.39. The van der Waals surface area contributed by atoms with Crippen molar-refractivity contribution in [2.45, 2.75) is 5.41 Å². The van der Waals surface area contributed by atoms with E-state index in [1.54, 1.807) is 0 Å². The van der Waals surface area contributed by atoms with Gasteiger partial charge in [-0.3, -0.25) is 0 Å². The van der Waals surface area contributed by atoms with Gasteiger partial charge in [0, 0.05) is 52.4 Å². The second-order valence-electron chi connectivity index (χ2n) is 13.0. The largest absolute Gasteiger partial charge is 0.455 e. The molecule has 10 aromatic rings. The molecule has 0 saturated carbocycles. The highest BCUT2D eigenvalue weighted by molar-refractivity contribution is 9.11. The molecule has 0 radical (unpaired) electrons. The van der Waals surface area contributed by atoms with Crippen molar-refractivity contribution >= 4 is 97.5 Å². The van der Waals surface area contributed by atoms with Crippen LogP contribution in [0.3, 0.4) is 0 Å². The number of furan rings is 2. The molecule has 3 nitrogen and oxygen atoms in total. The van der Waals surface area contributed by atoms with Crippen molar-refractivity contribution in [2.24, 2.45) is 0 Å². The van der Waals surface area contributed by atoms with Crippen molar-refractivity contribution in [3.05, 3.63) is 159 Å². The zero-order valence-electron chi connectivity index (χ0n) is 25.1. The first-order valence-corrected chi connectivity index (χ1v) is 17.7. The van der Waals surface area contributed by atoms with Crippen molar-refractivity contribution in [1.82, 2.24) is 4.57 Å². The van der Waals surface area contributed by atoms with E-state index in [9.17, 15) is 0 Å². The molecule has 1 aliphatic carbocycles. The summed E-state index contributed by atoms with van der Waals surface area (Å²) in [6.07, 6.45) is 0. The fraction of sp³-hybridized carbons (Fsp3) is 0.0233. The number of nitrogens with zero attached hydrogens (tertiary/aromatic N) is 1. The number of hydrogen-bond acceptors (Lipinski definition) is 2. The Bertz CT molecular complexity index is 2980. The molecule has 0 fully saturated rings. The van der Waals surface area contributed by atoms with Crippen LogP contribution in [0.4, 0.5) is 0 Å². The first-order valence-electron chi connectivity index (χ1n) is 16.1. The van der Waals surface area contributed by atoms with Crippen molar-refractivity contribution < 1.29 is 8.83 Å². The van der Waals surface area contributed by atoms with E-state index in [1.807, 2.05) is 12.1 Å². The van der Waals surface area contributed by atoms with E-state index in [0.29, 0.717) is 0 Å². The van der Waals surface area contributed by atoms with Gasteiger partial charge in [0.25, 0.3) is 0 Å². The number of hydrogen-bond donors (Lipinski definition) is 0. The molecule has 0 saturated heterocycles. The van der Waals surface area contributed by atoms with Gasteiger partial charge >= 0.3 is 0 Å². The molecular weight excluding hydrogens is 722 g/mol. The molecule has 4 heterocycles. The molecular formula is C43H21Br2NO2. The minimum Gasteiger partial charge on any atom is -0.455 e. The van der Waals surface area contributed by atoms with Gasteiger partial charge in [-0.1, -0.05) is 123 Å². The van der Waals surface area contributed by atoms with Crippen LogP contribution >= 0.6 is 31.9 Å². The minimum absolute atomic E-state index is 0.656. The summed E-state index contributed by atoms with van der Waals surface area (Å²) >= 11 is 8.15. The average molecular weight is 743 g/mol. The highest BCUT2D eigenvalue weighted by Crippen LogP contribution is 2.65. The van der Waals surface area contributed by atoms with Gasteiger partial charge in [-0.05, 0) is 58.7 Å². The van der Waals surface area contributed by atoms with Gasteiger partial charge < -0.3 is 13.4 Å². The standard InChI is InChI=1S/C43H21Br2NO2/c44-30-20-28-38(41-36(30)24-11-2-7-18-34(24)47-41)39-29(21-31(45)37-25-12-3-8-19-35(25)48-42(37)39)43(28)26-14-4-6-17-33(26)46-32-16-5-1-10-22(32)23-13-9-15-27(43)40(23)46/h1-21H. The van der Waals surface area contributed by atoms with E-state index in [-0.39, 0.29) is 0 Å². The third kappa shape index (κ3) is 2.79. The summed E-state index contributed by atoms with van der Waals surface area (Å²) in [5.41, 5.74) is 13.5. The summed E-state index contributed by atoms with van der Waals surface area (Å²) in [6.45, 7) is 0. The second kappa shape index (κ2) is 8.67. The van der Waals surface area contributed by atoms with Crippen LogP contribution in [-0.4, -0.2) is 4.57 Å². The Balaban J connectivity index is 1.40. The van der Waals surface area contributed by atoms with E-state index < -0.39 is 5.41 Å². The van der Waals surface area contributed by atoms with Crippen LogP contribution in [0.5, 0.6) is 0 Å². The van der Waals surface area contributed by atoms with Gasteiger partial charge in [0.15, 0.2) is 0 Å². The lowest BCUT2D eigenvalue weighted by molar-refractivity contribution is 0.665. The van der Waals surface area contributed by atoms with Crippen LogP contribution < -0.4 is 0 Å². The summed E-state index contributed by atoms with van der Waals surface area (Å²) in [6, 6.07) is 45.9. The van der Waals surface area contributed by atoms with Gasteiger partial charge in [-0.2, -0.15) is 0 Å². The maximum Gasteiger partial charge on any atom is 0.144 e. The summed E-state index contributed by atoms with van der Waals surface area (Å²) in [4.78, 5) is 0. The summed E-state index contributed by atoms with van der Waals surface area (Å²) in [5.74, 6) is 0. The van der Waals surface area contributed by atoms with Crippen LogP contribution in [0, 0.1) is 0 Å². The third-order valence-corrected chi connectivity index (χ3v) is 12.2. The number of halogens is 2. The van der Waals surface area contributed by atoms with Crippen molar-refractivity contribution in [3.8, 4) is 16.8 Å². The van der Waals surface area contributed by atoms with E-state index in [1.165, 1.54) is 49.7 Å². The molecule has 1 aliphatic heterocycles. The molecule has 48 heavy (non-hydrogen) atoms. The van der Waals surface area contributed by atoms with E-state index in [4.69, 9.17) is 8.83 Å². The molecule has 5 heteroatoms. The number of para-hydroxylation sites is 5. The molecule has 0 bridgehead atoms. The molecule has 2 aliphatic rings. The topological polar surface area (TPSA) is 31.2 Å². The zero-order chi connectivity index (χ0) is 31.5. The highest BCUT2D eigenvalue weighted by atomic mass is 79.9. The van der Waals surface area contributed by atoms with Gasteiger partial charge in [-0.25, -0.2) is 0 Å². The van der Waals surface area contributed by atoms with E-state index in [0.717, 1.165) is 63.9 Å². The third-order valence-electron chi connectivity index (χ3n) is 10.9. The smallest absolute Gasteiger partial charge is 0.144 e. The van der Waals surface area contributed by atoms with Crippen molar-refractivity contribution in [1.29, 1.82) is 0 Å². The molecule has 7 aromatic carbocycles. The lowest BCUT2D eigenvalue weighted by Crippen LogP contribution is -2.33. The van der Waals surface area contributed by atoms with Gasteiger partial charge in [0.1, 0.15) is 22.3 Å². The molecule has 0 atom stereocenters. The first-order chi connectivity index (χ1) is 23.7. The summed E-state index contributed by atoms with van der Waals surface area (Å²) < 4.78 is 18.3. The van der Waals surface area contributed by atoms with Gasteiger partial charge in [0.2, 0.25) is 0 Å². The maximum absolute atomic E-state index is 6.91.